The SMILES string of the molecule is Cc1cc(C(=O)Nc2ccc3ncsc3c2)ccc1N. The van der Waals surface area contributed by atoms with Gasteiger partial charge in [0, 0.05) is 16.9 Å². The molecule has 0 aliphatic heterocycles. The second-order valence-electron chi connectivity index (χ2n) is 4.56. The molecule has 0 aliphatic rings. The van der Waals surface area contributed by atoms with E-state index in [0.717, 1.165) is 21.5 Å². The van der Waals surface area contributed by atoms with Crippen molar-refractivity contribution in [3.8, 4) is 0 Å². The molecule has 4 nitrogen and oxygen atoms in total. The first-order chi connectivity index (χ1) is 9.63. The first-order valence-electron chi connectivity index (χ1n) is 6.14. The predicted molar refractivity (Wildman–Crippen MR) is 83.2 cm³/mol. The van der Waals surface area contributed by atoms with E-state index in [-0.39, 0.29) is 5.91 Å². The topological polar surface area (TPSA) is 68.0 Å². The van der Waals surface area contributed by atoms with Crippen molar-refractivity contribution < 1.29 is 4.79 Å². The molecule has 3 aromatic rings. The van der Waals surface area contributed by atoms with E-state index in [0.29, 0.717) is 11.3 Å². The Morgan fingerprint density at radius 3 is 2.90 bits per heavy atom. The van der Waals surface area contributed by atoms with Crippen LogP contribution in [0.5, 0.6) is 0 Å². The van der Waals surface area contributed by atoms with Crippen molar-refractivity contribution in [3.05, 3.63) is 53.0 Å². The summed E-state index contributed by atoms with van der Waals surface area (Å²) in [6.45, 7) is 1.88. The third-order valence-electron chi connectivity index (χ3n) is 3.12. The zero-order chi connectivity index (χ0) is 14.1. The molecule has 3 N–H and O–H groups in total. The van der Waals surface area contributed by atoms with Crippen LogP contribution in [-0.4, -0.2) is 10.9 Å². The number of nitrogen functional groups attached to an aromatic ring is 1. The molecule has 0 aliphatic carbocycles. The van der Waals surface area contributed by atoms with Crippen molar-refractivity contribution in [1.29, 1.82) is 0 Å². The Morgan fingerprint density at radius 1 is 1.25 bits per heavy atom. The monoisotopic (exact) mass is 283 g/mol. The summed E-state index contributed by atoms with van der Waals surface area (Å²) >= 11 is 1.55. The summed E-state index contributed by atoms with van der Waals surface area (Å²) < 4.78 is 1.05. The number of nitrogens with two attached hydrogens (primary N) is 1. The average Bonchev–Trinajstić information content (AvgIpc) is 2.89. The third-order valence-corrected chi connectivity index (χ3v) is 3.91. The number of hydrogen-bond donors (Lipinski definition) is 2. The zero-order valence-electron chi connectivity index (χ0n) is 10.9. The van der Waals surface area contributed by atoms with E-state index in [1.165, 1.54) is 0 Å². The molecule has 1 heterocycles. The molecule has 0 unspecified atom stereocenters. The zero-order valence-corrected chi connectivity index (χ0v) is 11.7. The summed E-state index contributed by atoms with van der Waals surface area (Å²) in [6.07, 6.45) is 0. The molecule has 0 saturated heterocycles. The number of nitrogens with zero attached hydrogens (tertiary/aromatic N) is 1. The van der Waals surface area contributed by atoms with E-state index < -0.39 is 0 Å². The molecule has 0 fully saturated rings. The number of fused-ring (bicyclic) bond motifs is 1. The highest BCUT2D eigenvalue weighted by molar-refractivity contribution is 7.16. The molecule has 0 atom stereocenters. The maximum atomic E-state index is 12.2. The van der Waals surface area contributed by atoms with Crippen molar-refractivity contribution in [2.75, 3.05) is 11.1 Å². The Bertz CT molecular complexity index is 795. The molecule has 0 spiro atoms. The standard InChI is InChI=1S/C15H13N3OS/c1-9-6-10(2-4-12(9)16)15(19)18-11-3-5-13-14(7-11)20-8-17-13/h2-8H,16H2,1H3,(H,18,19). The molecule has 100 valence electrons. The summed E-state index contributed by atoms with van der Waals surface area (Å²) in [5.74, 6) is -0.142. The number of aryl methyl sites for hydroxylation is 1. The van der Waals surface area contributed by atoms with E-state index >= 15 is 0 Å². The van der Waals surface area contributed by atoms with Gasteiger partial charge in [0.15, 0.2) is 0 Å². The van der Waals surface area contributed by atoms with Crippen molar-refractivity contribution in [2.45, 2.75) is 6.92 Å². The van der Waals surface area contributed by atoms with Gasteiger partial charge in [-0.3, -0.25) is 4.79 Å². The maximum Gasteiger partial charge on any atom is 0.255 e. The van der Waals surface area contributed by atoms with Gasteiger partial charge in [-0.2, -0.15) is 0 Å². The van der Waals surface area contributed by atoms with Crippen LogP contribution in [0.25, 0.3) is 10.2 Å². The number of carbonyl (C=O) groups excluding carboxylic acids is 1. The van der Waals surface area contributed by atoms with Crippen LogP contribution in [0, 0.1) is 6.92 Å². The molecule has 3 rings (SSSR count). The minimum atomic E-state index is -0.142. The maximum absolute atomic E-state index is 12.2. The van der Waals surface area contributed by atoms with Crippen molar-refractivity contribution in [1.82, 2.24) is 4.98 Å². The molecule has 0 radical (unpaired) electrons. The number of amides is 1. The van der Waals surface area contributed by atoms with Crippen molar-refractivity contribution >= 4 is 38.8 Å². The van der Waals surface area contributed by atoms with Gasteiger partial charge in [0.05, 0.1) is 15.7 Å². The lowest BCUT2D eigenvalue weighted by Gasteiger charge is -2.07. The van der Waals surface area contributed by atoms with Crippen LogP contribution in [-0.2, 0) is 0 Å². The lowest BCUT2D eigenvalue weighted by atomic mass is 10.1. The summed E-state index contributed by atoms with van der Waals surface area (Å²) in [4.78, 5) is 16.4. The smallest absolute Gasteiger partial charge is 0.255 e. The van der Waals surface area contributed by atoms with Gasteiger partial charge in [0.2, 0.25) is 0 Å². The van der Waals surface area contributed by atoms with Gasteiger partial charge in [0.25, 0.3) is 5.91 Å². The van der Waals surface area contributed by atoms with Gasteiger partial charge in [-0.05, 0) is 48.9 Å². The number of hydrogen-bond acceptors (Lipinski definition) is 4. The minimum Gasteiger partial charge on any atom is -0.399 e. The van der Waals surface area contributed by atoms with Gasteiger partial charge in [-0.15, -0.1) is 11.3 Å². The number of anilines is 2. The van der Waals surface area contributed by atoms with E-state index in [9.17, 15) is 4.79 Å². The molecule has 1 amide bonds. The van der Waals surface area contributed by atoms with E-state index in [4.69, 9.17) is 5.73 Å². The molecular formula is C15H13N3OS. The Balaban J connectivity index is 1.85. The van der Waals surface area contributed by atoms with Crippen LogP contribution in [0.15, 0.2) is 41.9 Å². The largest absolute Gasteiger partial charge is 0.399 e. The second kappa shape index (κ2) is 4.94. The highest BCUT2D eigenvalue weighted by atomic mass is 32.1. The minimum absolute atomic E-state index is 0.142. The molecule has 20 heavy (non-hydrogen) atoms. The number of nitrogens with one attached hydrogen (secondary N) is 1. The second-order valence-corrected chi connectivity index (χ2v) is 5.45. The fraction of sp³-hybridized carbons (Fsp3) is 0.0667. The quantitative estimate of drug-likeness (QED) is 0.708. The van der Waals surface area contributed by atoms with E-state index in [2.05, 4.69) is 10.3 Å². The van der Waals surface area contributed by atoms with Crippen LogP contribution >= 0.6 is 11.3 Å². The van der Waals surface area contributed by atoms with Gasteiger partial charge in [0.1, 0.15) is 0 Å². The molecule has 0 bridgehead atoms. The average molecular weight is 283 g/mol. The van der Waals surface area contributed by atoms with Gasteiger partial charge < -0.3 is 11.1 Å². The van der Waals surface area contributed by atoms with Crippen molar-refractivity contribution in [2.24, 2.45) is 0 Å². The van der Waals surface area contributed by atoms with Crippen molar-refractivity contribution in [3.63, 3.8) is 0 Å². The summed E-state index contributed by atoms with van der Waals surface area (Å²) in [5, 5.41) is 2.89. The lowest BCUT2D eigenvalue weighted by molar-refractivity contribution is 0.102. The van der Waals surface area contributed by atoms with E-state index in [1.807, 2.05) is 25.1 Å². The Kier molecular flexibility index (Phi) is 3.12. The number of benzene rings is 2. The fourth-order valence-corrected chi connectivity index (χ4v) is 2.67. The molecule has 0 saturated carbocycles. The first-order valence-corrected chi connectivity index (χ1v) is 7.02. The summed E-state index contributed by atoms with van der Waals surface area (Å²) in [6, 6.07) is 10.9. The fourth-order valence-electron chi connectivity index (χ4n) is 1.95. The number of aromatic nitrogens is 1. The Hall–Kier alpha value is -2.40. The molecule has 1 aromatic heterocycles. The van der Waals surface area contributed by atoms with Crippen LogP contribution in [0.2, 0.25) is 0 Å². The Morgan fingerprint density at radius 2 is 2.10 bits per heavy atom. The third kappa shape index (κ3) is 2.35. The first kappa shape index (κ1) is 12.6. The van der Waals surface area contributed by atoms with Crippen LogP contribution in [0.3, 0.4) is 0 Å². The molecular weight excluding hydrogens is 270 g/mol. The van der Waals surface area contributed by atoms with Crippen LogP contribution in [0.4, 0.5) is 11.4 Å². The predicted octanol–water partition coefficient (Wildman–Crippen LogP) is 3.44. The van der Waals surface area contributed by atoms with E-state index in [1.54, 1.807) is 35.0 Å². The van der Waals surface area contributed by atoms with Gasteiger partial charge >= 0.3 is 0 Å². The highest BCUT2D eigenvalue weighted by Crippen LogP contribution is 2.22. The molecule has 5 heteroatoms. The molecule has 2 aromatic carbocycles. The van der Waals surface area contributed by atoms with Crippen LogP contribution in [0.1, 0.15) is 15.9 Å². The number of carbonyl (C=O) groups is 1. The van der Waals surface area contributed by atoms with Crippen LogP contribution < -0.4 is 11.1 Å². The lowest BCUT2D eigenvalue weighted by Crippen LogP contribution is -2.12. The number of rotatable bonds is 2. The normalized spacial score (nSPS) is 10.7. The number of thiazole rings is 1. The summed E-state index contributed by atoms with van der Waals surface area (Å²) in [7, 11) is 0. The van der Waals surface area contributed by atoms with Gasteiger partial charge in [-0.25, -0.2) is 4.98 Å². The Labute approximate surface area is 120 Å². The van der Waals surface area contributed by atoms with Gasteiger partial charge in [-0.1, -0.05) is 0 Å². The summed E-state index contributed by atoms with van der Waals surface area (Å²) in [5.41, 5.74) is 11.4. The highest BCUT2D eigenvalue weighted by Gasteiger charge is 2.08.